The molecule has 110 valence electrons. The van der Waals surface area contributed by atoms with Crippen LogP contribution in [0.25, 0.3) is 0 Å². The average Bonchev–Trinajstić information content (AvgIpc) is 2.58. The van der Waals surface area contributed by atoms with Gasteiger partial charge in [-0.05, 0) is 48.2 Å². The number of benzene rings is 2. The molecule has 2 aromatic rings. The SMILES string of the molecule is C=CCc1ccc(OOc2ccc(CC=C)cc2)cc1.[O]=[Zn]. The summed E-state index contributed by atoms with van der Waals surface area (Å²) < 4.78 is 8.38. The van der Waals surface area contributed by atoms with Crippen molar-refractivity contribution in [1.82, 2.24) is 0 Å². The van der Waals surface area contributed by atoms with Gasteiger partial charge in [0.05, 0.1) is 0 Å². The normalized spacial score (nSPS) is 9.18. The molecule has 22 heavy (non-hydrogen) atoms. The number of hydrogen-bond acceptors (Lipinski definition) is 3. The first-order valence-corrected chi connectivity index (χ1v) is 8.06. The second-order valence-electron chi connectivity index (χ2n) is 4.44. The van der Waals surface area contributed by atoms with Crippen LogP contribution >= 0.6 is 0 Å². The summed E-state index contributed by atoms with van der Waals surface area (Å²) in [5, 5.41) is 0. The first-order chi connectivity index (χ1) is 10.8. The van der Waals surface area contributed by atoms with E-state index in [1.165, 1.54) is 11.1 Å². The van der Waals surface area contributed by atoms with E-state index in [1.54, 1.807) is 0 Å². The molecule has 4 heteroatoms. The fourth-order valence-electron chi connectivity index (χ4n) is 1.79. The molecule has 0 atom stereocenters. The molecule has 0 aromatic heterocycles. The van der Waals surface area contributed by atoms with E-state index in [0.717, 1.165) is 12.8 Å². The van der Waals surface area contributed by atoms with Gasteiger partial charge in [0.2, 0.25) is 0 Å². The standard InChI is InChI=1S/C18H18O2.O.Zn/c1-3-5-15-7-11-17(12-8-15)19-20-18-13-9-16(6-4-2)10-14-18;;/h3-4,7-14H,1-2,5-6H2;;. The van der Waals surface area contributed by atoms with E-state index >= 15 is 0 Å². The van der Waals surface area contributed by atoms with Crippen LogP contribution in [0.2, 0.25) is 0 Å². The molecular weight excluding hydrogens is 330 g/mol. The summed E-state index contributed by atoms with van der Waals surface area (Å²) in [6, 6.07) is 15.5. The first-order valence-electron chi connectivity index (χ1n) is 6.85. The zero-order chi connectivity index (χ0) is 16.2. The van der Waals surface area contributed by atoms with Gasteiger partial charge < -0.3 is 0 Å². The molecule has 0 bridgehead atoms. The predicted molar refractivity (Wildman–Crippen MR) is 82.6 cm³/mol. The Morgan fingerprint density at radius 1 is 0.727 bits per heavy atom. The molecule has 0 heterocycles. The third-order valence-electron chi connectivity index (χ3n) is 2.84. The van der Waals surface area contributed by atoms with Crippen LogP contribution in [0.5, 0.6) is 11.5 Å². The summed E-state index contributed by atoms with van der Waals surface area (Å²) in [5.74, 6) is 1.35. The second-order valence-corrected chi connectivity index (χ2v) is 4.44. The van der Waals surface area contributed by atoms with Crippen molar-refractivity contribution >= 4 is 0 Å². The van der Waals surface area contributed by atoms with Crippen LogP contribution < -0.4 is 9.78 Å². The van der Waals surface area contributed by atoms with Gasteiger partial charge in [0.1, 0.15) is 0 Å². The van der Waals surface area contributed by atoms with Crippen LogP contribution in [0.3, 0.4) is 0 Å². The van der Waals surface area contributed by atoms with E-state index in [1.807, 2.05) is 60.7 Å². The number of hydrogen-bond donors (Lipinski definition) is 0. The molecule has 2 rings (SSSR count). The molecule has 0 amide bonds. The molecule has 0 saturated carbocycles. The van der Waals surface area contributed by atoms with Gasteiger partial charge in [0, 0.05) is 0 Å². The van der Waals surface area contributed by atoms with Crippen molar-refractivity contribution in [2.45, 2.75) is 12.8 Å². The summed E-state index contributed by atoms with van der Waals surface area (Å²) in [6.45, 7) is 7.43. The third kappa shape index (κ3) is 6.15. The van der Waals surface area contributed by atoms with E-state index in [2.05, 4.69) is 13.2 Å². The Hall–Kier alpha value is -2.06. The second kappa shape index (κ2) is 10.6. The number of rotatable bonds is 7. The topological polar surface area (TPSA) is 35.5 Å². The molecule has 0 spiro atoms. The fraction of sp³-hybridized carbons (Fsp3) is 0.111. The molecule has 0 aliphatic heterocycles. The van der Waals surface area contributed by atoms with Crippen LogP contribution in [0.4, 0.5) is 0 Å². The predicted octanol–water partition coefficient (Wildman–Crippen LogP) is 4.40. The van der Waals surface area contributed by atoms with E-state index in [-0.39, 0.29) is 18.3 Å². The fourth-order valence-corrected chi connectivity index (χ4v) is 1.79. The molecule has 0 aliphatic rings. The van der Waals surface area contributed by atoms with Gasteiger partial charge in [-0.25, -0.2) is 0 Å². The van der Waals surface area contributed by atoms with Crippen molar-refractivity contribution in [1.29, 1.82) is 0 Å². The summed E-state index contributed by atoms with van der Waals surface area (Å²) in [5.41, 5.74) is 2.39. The van der Waals surface area contributed by atoms with E-state index in [9.17, 15) is 0 Å². The van der Waals surface area contributed by atoms with Gasteiger partial charge in [-0.15, -0.1) is 13.2 Å². The maximum absolute atomic E-state index is 8.38. The average molecular weight is 348 g/mol. The van der Waals surface area contributed by atoms with Crippen molar-refractivity contribution in [3.8, 4) is 11.5 Å². The Bertz CT molecular complexity index is 523. The summed E-state index contributed by atoms with van der Waals surface area (Å²) >= 11 is 0.125. The zero-order valence-electron chi connectivity index (χ0n) is 12.5. The van der Waals surface area contributed by atoms with Crippen molar-refractivity contribution in [2.24, 2.45) is 0 Å². The van der Waals surface area contributed by atoms with Crippen molar-refractivity contribution < 1.29 is 31.6 Å². The van der Waals surface area contributed by atoms with Gasteiger partial charge in [0.15, 0.2) is 11.5 Å². The van der Waals surface area contributed by atoms with Gasteiger partial charge in [-0.3, -0.25) is 9.78 Å². The molecule has 0 N–H and O–H groups in total. The third-order valence-corrected chi connectivity index (χ3v) is 2.84. The molecule has 0 aliphatic carbocycles. The molecular formula is C18H18O3Zn. The molecule has 0 unspecified atom stereocenters. The molecule has 3 nitrogen and oxygen atoms in total. The van der Waals surface area contributed by atoms with Crippen molar-refractivity contribution in [2.75, 3.05) is 0 Å². The molecule has 2 aromatic carbocycles. The Morgan fingerprint density at radius 2 is 1.05 bits per heavy atom. The molecule has 0 saturated heterocycles. The first kappa shape index (κ1) is 18.0. The Labute approximate surface area is 141 Å². The minimum atomic E-state index is 0.125. The van der Waals surface area contributed by atoms with Crippen LogP contribution in [0.1, 0.15) is 11.1 Å². The maximum atomic E-state index is 8.38. The summed E-state index contributed by atoms with van der Waals surface area (Å²) in [7, 11) is 0. The Morgan fingerprint density at radius 3 is 1.32 bits per heavy atom. The van der Waals surface area contributed by atoms with Crippen LogP contribution in [0.15, 0.2) is 73.8 Å². The zero-order valence-corrected chi connectivity index (χ0v) is 15.5. The van der Waals surface area contributed by atoms with Gasteiger partial charge >= 0.3 is 21.8 Å². The van der Waals surface area contributed by atoms with Crippen LogP contribution in [-0.2, 0) is 34.7 Å². The monoisotopic (exact) mass is 346 g/mol. The van der Waals surface area contributed by atoms with E-state index in [4.69, 9.17) is 13.3 Å². The molecule has 0 fully saturated rings. The van der Waals surface area contributed by atoms with Crippen molar-refractivity contribution in [3.63, 3.8) is 0 Å². The Balaban J connectivity index is 0.00000116. The van der Waals surface area contributed by atoms with Crippen LogP contribution in [0, 0.1) is 0 Å². The quantitative estimate of drug-likeness (QED) is 0.322. The van der Waals surface area contributed by atoms with Crippen molar-refractivity contribution in [3.05, 3.63) is 85.0 Å². The van der Waals surface area contributed by atoms with Crippen LogP contribution in [-0.4, -0.2) is 0 Å². The number of allylic oxidation sites excluding steroid dienone is 2. The minimum absolute atomic E-state index is 0.125. The Kier molecular flexibility index (Phi) is 8.70. The van der Waals surface area contributed by atoms with Gasteiger partial charge in [-0.2, -0.15) is 0 Å². The van der Waals surface area contributed by atoms with E-state index in [0.29, 0.717) is 11.5 Å². The van der Waals surface area contributed by atoms with E-state index < -0.39 is 0 Å². The van der Waals surface area contributed by atoms with Gasteiger partial charge in [-0.1, -0.05) is 36.4 Å². The summed E-state index contributed by atoms with van der Waals surface area (Å²) in [6.07, 6.45) is 5.45. The molecule has 0 radical (unpaired) electrons. The van der Waals surface area contributed by atoms with Gasteiger partial charge in [0.25, 0.3) is 0 Å². The summed E-state index contributed by atoms with van der Waals surface area (Å²) in [4.78, 5) is 10.6.